The molecule has 3 aromatic carbocycles. The molecular formula is C22H21ClN2O2. The van der Waals surface area contributed by atoms with Gasteiger partial charge in [-0.2, -0.15) is 0 Å². The standard InChI is InChI=1S/C22H21ClN2O2/c1-27-19-6-4-5-16(15-19)13-14-24-17-9-11-18(12-10-17)25-22(26)20-7-2-3-8-21(20)23/h2-12,15,24H,13-14H2,1H3,(H,25,26). The van der Waals surface area contributed by atoms with Crippen LogP contribution in [0.4, 0.5) is 11.4 Å². The predicted octanol–water partition coefficient (Wildman–Crippen LogP) is 5.26. The zero-order valence-electron chi connectivity index (χ0n) is 15.0. The second-order valence-electron chi connectivity index (χ2n) is 6.04. The van der Waals surface area contributed by atoms with E-state index < -0.39 is 0 Å². The van der Waals surface area contributed by atoms with Gasteiger partial charge in [-0.3, -0.25) is 4.79 Å². The second-order valence-corrected chi connectivity index (χ2v) is 6.45. The van der Waals surface area contributed by atoms with E-state index in [1.807, 2.05) is 42.5 Å². The molecule has 0 radical (unpaired) electrons. The SMILES string of the molecule is COc1cccc(CCNc2ccc(NC(=O)c3ccccc3Cl)cc2)c1. The van der Waals surface area contributed by atoms with Crippen LogP contribution in [0.1, 0.15) is 15.9 Å². The number of ether oxygens (including phenoxy) is 1. The van der Waals surface area contributed by atoms with Crippen LogP contribution in [0.15, 0.2) is 72.8 Å². The van der Waals surface area contributed by atoms with Crippen LogP contribution in [0.25, 0.3) is 0 Å². The van der Waals surface area contributed by atoms with Crippen molar-refractivity contribution in [3.8, 4) is 5.75 Å². The lowest BCUT2D eigenvalue weighted by atomic mass is 10.1. The third-order valence-corrected chi connectivity index (χ3v) is 4.47. The smallest absolute Gasteiger partial charge is 0.257 e. The molecule has 0 aromatic heterocycles. The Balaban J connectivity index is 1.52. The number of carbonyl (C=O) groups is 1. The van der Waals surface area contributed by atoms with Crippen LogP contribution < -0.4 is 15.4 Å². The third-order valence-electron chi connectivity index (χ3n) is 4.14. The van der Waals surface area contributed by atoms with Crippen LogP contribution in [0.3, 0.4) is 0 Å². The molecule has 0 unspecified atom stereocenters. The molecule has 0 aliphatic carbocycles. The van der Waals surface area contributed by atoms with Gasteiger partial charge < -0.3 is 15.4 Å². The van der Waals surface area contributed by atoms with E-state index in [4.69, 9.17) is 16.3 Å². The lowest BCUT2D eigenvalue weighted by molar-refractivity contribution is 0.102. The quantitative estimate of drug-likeness (QED) is 0.588. The maximum absolute atomic E-state index is 12.3. The number of hydrogen-bond donors (Lipinski definition) is 2. The molecule has 3 aromatic rings. The monoisotopic (exact) mass is 380 g/mol. The van der Waals surface area contributed by atoms with Crippen LogP contribution in [0.2, 0.25) is 5.02 Å². The number of hydrogen-bond acceptors (Lipinski definition) is 3. The Morgan fingerprint density at radius 3 is 2.44 bits per heavy atom. The summed E-state index contributed by atoms with van der Waals surface area (Å²) in [6.07, 6.45) is 0.891. The van der Waals surface area contributed by atoms with E-state index in [9.17, 15) is 4.79 Å². The van der Waals surface area contributed by atoms with E-state index in [-0.39, 0.29) is 5.91 Å². The van der Waals surface area contributed by atoms with Gasteiger partial charge in [0.05, 0.1) is 17.7 Å². The average Bonchev–Trinajstić information content (AvgIpc) is 2.70. The molecule has 0 atom stereocenters. The Kier molecular flexibility index (Phi) is 6.34. The Bertz CT molecular complexity index is 910. The first-order chi connectivity index (χ1) is 13.2. The van der Waals surface area contributed by atoms with Crippen LogP contribution in [0.5, 0.6) is 5.75 Å². The zero-order valence-corrected chi connectivity index (χ0v) is 15.8. The molecule has 0 heterocycles. The van der Waals surface area contributed by atoms with Gasteiger partial charge in [-0.15, -0.1) is 0 Å². The molecule has 0 aliphatic heterocycles. The van der Waals surface area contributed by atoms with E-state index in [2.05, 4.69) is 16.7 Å². The van der Waals surface area contributed by atoms with E-state index in [0.717, 1.165) is 30.1 Å². The molecule has 1 amide bonds. The summed E-state index contributed by atoms with van der Waals surface area (Å²) in [7, 11) is 1.67. The van der Waals surface area contributed by atoms with Crippen LogP contribution in [-0.4, -0.2) is 19.6 Å². The highest BCUT2D eigenvalue weighted by Crippen LogP contribution is 2.19. The molecule has 0 saturated carbocycles. The lowest BCUT2D eigenvalue weighted by Crippen LogP contribution is -2.12. The van der Waals surface area contributed by atoms with Crippen molar-refractivity contribution in [2.75, 3.05) is 24.3 Å². The summed E-state index contributed by atoms with van der Waals surface area (Å²) in [5.74, 6) is 0.644. The highest BCUT2D eigenvalue weighted by atomic mass is 35.5. The van der Waals surface area contributed by atoms with E-state index in [0.29, 0.717) is 10.6 Å². The molecular weight excluding hydrogens is 360 g/mol. The van der Waals surface area contributed by atoms with Gasteiger partial charge in [-0.1, -0.05) is 35.9 Å². The molecule has 0 aliphatic rings. The Morgan fingerprint density at radius 2 is 1.70 bits per heavy atom. The van der Waals surface area contributed by atoms with Crippen LogP contribution in [0, 0.1) is 0 Å². The molecule has 0 saturated heterocycles. The predicted molar refractivity (Wildman–Crippen MR) is 111 cm³/mol. The van der Waals surface area contributed by atoms with Gasteiger partial charge in [0.1, 0.15) is 5.75 Å². The van der Waals surface area contributed by atoms with Crippen molar-refractivity contribution >= 4 is 28.9 Å². The molecule has 0 bridgehead atoms. The number of nitrogens with one attached hydrogen (secondary N) is 2. The van der Waals surface area contributed by atoms with E-state index >= 15 is 0 Å². The van der Waals surface area contributed by atoms with Gasteiger partial charge in [-0.25, -0.2) is 0 Å². The van der Waals surface area contributed by atoms with Crippen LogP contribution in [-0.2, 0) is 6.42 Å². The van der Waals surface area contributed by atoms with E-state index in [1.165, 1.54) is 5.56 Å². The molecule has 27 heavy (non-hydrogen) atoms. The normalized spacial score (nSPS) is 10.3. The average molecular weight is 381 g/mol. The summed E-state index contributed by atoms with van der Waals surface area (Å²) < 4.78 is 5.24. The van der Waals surface area contributed by atoms with Crippen molar-refractivity contribution in [1.29, 1.82) is 0 Å². The number of carbonyl (C=O) groups excluding carboxylic acids is 1. The minimum Gasteiger partial charge on any atom is -0.497 e. The summed E-state index contributed by atoms with van der Waals surface area (Å²) in [5.41, 5.74) is 3.39. The summed E-state index contributed by atoms with van der Waals surface area (Å²) in [6.45, 7) is 0.804. The largest absolute Gasteiger partial charge is 0.497 e. The summed E-state index contributed by atoms with van der Waals surface area (Å²) in [5, 5.41) is 6.67. The third kappa shape index (κ3) is 5.25. The van der Waals surface area contributed by atoms with Gasteiger partial charge >= 0.3 is 0 Å². The Labute approximate surface area is 164 Å². The summed E-state index contributed by atoms with van der Waals surface area (Å²) >= 11 is 6.06. The second kappa shape index (κ2) is 9.10. The fraction of sp³-hybridized carbons (Fsp3) is 0.136. The van der Waals surface area contributed by atoms with Gasteiger partial charge in [0.2, 0.25) is 0 Å². The minimum atomic E-state index is -0.223. The minimum absolute atomic E-state index is 0.223. The van der Waals surface area contributed by atoms with Crippen molar-refractivity contribution in [3.63, 3.8) is 0 Å². The first-order valence-electron chi connectivity index (χ1n) is 8.68. The highest BCUT2D eigenvalue weighted by Gasteiger charge is 2.09. The maximum Gasteiger partial charge on any atom is 0.257 e. The maximum atomic E-state index is 12.3. The Morgan fingerprint density at radius 1 is 0.963 bits per heavy atom. The Hall–Kier alpha value is -2.98. The van der Waals surface area contributed by atoms with Crippen molar-refractivity contribution in [2.45, 2.75) is 6.42 Å². The van der Waals surface area contributed by atoms with Crippen LogP contribution >= 0.6 is 11.6 Å². The fourth-order valence-corrected chi connectivity index (χ4v) is 2.92. The number of amides is 1. The molecule has 3 rings (SSSR count). The first kappa shape index (κ1) is 18.8. The molecule has 138 valence electrons. The van der Waals surface area contributed by atoms with Crippen molar-refractivity contribution in [3.05, 3.63) is 88.9 Å². The number of benzene rings is 3. The topological polar surface area (TPSA) is 50.4 Å². The number of anilines is 2. The first-order valence-corrected chi connectivity index (χ1v) is 9.06. The van der Waals surface area contributed by atoms with Gasteiger partial charge in [-0.05, 0) is 60.5 Å². The lowest BCUT2D eigenvalue weighted by Gasteiger charge is -2.10. The van der Waals surface area contributed by atoms with Gasteiger partial charge in [0.25, 0.3) is 5.91 Å². The van der Waals surface area contributed by atoms with Crippen molar-refractivity contribution in [1.82, 2.24) is 0 Å². The molecule has 0 spiro atoms. The fourth-order valence-electron chi connectivity index (χ4n) is 2.69. The van der Waals surface area contributed by atoms with E-state index in [1.54, 1.807) is 31.4 Å². The van der Waals surface area contributed by atoms with Crippen molar-refractivity contribution in [2.24, 2.45) is 0 Å². The van der Waals surface area contributed by atoms with Crippen molar-refractivity contribution < 1.29 is 9.53 Å². The number of rotatable bonds is 7. The molecule has 5 heteroatoms. The van der Waals surface area contributed by atoms with Gasteiger partial charge in [0, 0.05) is 17.9 Å². The molecule has 2 N–H and O–H groups in total. The highest BCUT2D eigenvalue weighted by molar-refractivity contribution is 6.34. The summed E-state index contributed by atoms with van der Waals surface area (Å²) in [4.78, 5) is 12.3. The zero-order chi connectivity index (χ0) is 19.1. The van der Waals surface area contributed by atoms with Gasteiger partial charge in [0.15, 0.2) is 0 Å². The molecule has 0 fully saturated rings. The summed E-state index contributed by atoms with van der Waals surface area (Å²) in [6, 6.07) is 22.6. The molecule has 4 nitrogen and oxygen atoms in total. The number of methoxy groups -OCH3 is 1. The number of halogens is 1.